The zero-order valence-corrected chi connectivity index (χ0v) is 20.6. The van der Waals surface area contributed by atoms with E-state index in [-0.39, 0.29) is 5.78 Å². The van der Waals surface area contributed by atoms with Gasteiger partial charge in [-0.15, -0.1) is 11.3 Å². The number of ether oxygens (including phenoxy) is 2. The highest BCUT2D eigenvalue weighted by atomic mass is 79.9. The number of halogens is 1. The Morgan fingerprint density at radius 2 is 1.73 bits per heavy atom. The highest BCUT2D eigenvalue weighted by Crippen LogP contribution is 2.27. The minimum absolute atomic E-state index is 0.00106. The van der Waals surface area contributed by atoms with Crippen molar-refractivity contribution in [2.45, 2.75) is 13.0 Å². The standard InChI is InChI=1S/C28H23BrO3S/c1-31-26-15-12-21(17-22(26)19-32-27-10-6-5-9-24(27)29)11-14-25(30)28-16-13-23(33-28)18-20-7-3-2-4-8-20/h2-17H,18-19H2,1H3/b14-11+. The van der Waals surface area contributed by atoms with Gasteiger partial charge in [-0.25, -0.2) is 0 Å². The highest BCUT2D eigenvalue weighted by molar-refractivity contribution is 9.10. The molecule has 0 N–H and O–H groups in total. The van der Waals surface area contributed by atoms with Crippen molar-refractivity contribution in [2.24, 2.45) is 0 Å². The van der Waals surface area contributed by atoms with E-state index in [0.29, 0.717) is 6.61 Å². The van der Waals surface area contributed by atoms with Crippen LogP contribution in [0.4, 0.5) is 0 Å². The fraction of sp³-hybridized carbons (Fsp3) is 0.107. The number of carbonyl (C=O) groups is 1. The first-order valence-electron chi connectivity index (χ1n) is 10.5. The number of ketones is 1. The number of hydrogen-bond acceptors (Lipinski definition) is 4. The Bertz CT molecular complexity index is 1260. The SMILES string of the molecule is COc1ccc(/C=C/C(=O)c2ccc(Cc3ccccc3)s2)cc1COc1ccccc1Br. The van der Waals surface area contributed by atoms with Crippen LogP contribution in [0.5, 0.6) is 11.5 Å². The van der Waals surface area contributed by atoms with Crippen LogP contribution in [0.1, 0.15) is 31.2 Å². The molecule has 0 fully saturated rings. The molecule has 0 unspecified atom stereocenters. The largest absolute Gasteiger partial charge is 0.496 e. The molecule has 0 aliphatic carbocycles. The van der Waals surface area contributed by atoms with E-state index in [2.05, 4.69) is 28.1 Å². The minimum Gasteiger partial charge on any atom is -0.496 e. The molecule has 0 aliphatic rings. The molecule has 0 bridgehead atoms. The molecule has 33 heavy (non-hydrogen) atoms. The number of hydrogen-bond donors (Lipinski definition) is 0. The Morgan fingerprint density at radius 3 is 2.52 bits per heavy atom. The fourth-order valence-corrected chi connectivity index (χ4v) is 4.75. The maximum Gasteiger partial charge on any atom is 0.195 e. The summed E-state index contributed by atoms with van der Waals surface area (Å²) in [6, 6.07) is 27.7. The van der Waals surface area contributed by atoms with Crippen molar-refractivity contribution in [1.82, 2.24) is 0 Å². The van der Waals surface area contributed by atoms with E-state index in [0.717, 1.165) is 38.4 Å². The van der Waals surface area contributed by atoms with Crippen LogP contribution in [-0.2, 0) is 13.0 Å². The second-order valence-electron chi connectivity index (χ2n) is 7.42. The van der Waals surface area contributed by atoms with Crippen LogP contribution in [0.25, 0.3) is 6.08 Å². The lowest BCUT2D eigenvalue weighted by Gasteiger charge is -2.12. The van der Waals surface area contributed by atoms with Crippen molar-refractivity contribution in [3.63, 3.8) is 0 Å². The van der Waals surface area contributed by atoms with E-state index < -0.39 is 0 Å². The first-order valence-corrected chi connectivity index (χ1v) is 12.1. The average Bonchev–Trinajstić information content (AvgIpc) is 3.31. The van der Waals surface area contributed by atoms with Crippen molar-refractivity contribution >= 4 is 39.1 Å². The van der Waals surface area contributed by atoms with E-state index >= 15 is 0 Å². The van der Waals surface area contributed by atoms with Gasteiger partial charge in [0.1, 0.15) is 18.1 Å². The number of benzene rings is 3. The molecule has 5 heteroatoms. The fourth-order valence-electron chi connectivity index (χ4n) is 3.39. The zero-order valence-electron chi connectivity index (χ0n) is 18.2. The van der Waals surface area contributed by atoms with Gasteiger partial charge in [0.15, 0.2) is 5.78 Å². The number of para-hydroxylation sites is 1. The quantitative estimate of drug-likeness (QED) is 0.169. The van der Waals surface area contributed by atoms with E-state index in [9.17, 15) is 4.79 Å². The van der Waals surface area contributed by atoms with Gasteiger partial charge in [0.2, 0.25) is 0 Å². The number of allylic oxidation sites excluding steroid dienone is 1. The second kappa shape index (κ2) is 11.1. The van der Waals surface area contributed by atoms with Gasteiger partial charge in [0.05, 0.1) is 16.5 Å². The van der Waals surface area contributed by atoms with Gasteiger partial charge in [0.25, 0.3) is 0 Å². The van der Waals surface area contributed by atoms with Gasteiger partial charge >= 0.3 is 0 Å². The maximum absolute atomic E-state index is 12.7. The molecule has 0 spiro atoms. The molecule has 1 heterocycles. The molecule has 0 aliphatic heterocycles. The van der Waals surface area contributed by atoms with E-state index in [1.165, 1.54) is 10.4 Å². The van der Waals surface area contributed by atoms with Crippen molar-refractivity contribution in [1.29, 1.82) is 0 Å². The number of methoxy groups -OCH3 is 1. The lowest BCUT2D eigenvalue weighted by atomic mass is 10.1. The van der Waals surface area contributed by atoms with Gasteiger partial charge in [-0.05, 0) is 69.5 Å². The Balaban J connectivity index is 1.44. The molecule has 166 valence electrons. The Labute approximate surface area is 206 Å². The number of rotatable bonds is 9. The predicted molar refractivity (Wildman–Crippen MR) is 138 cm³/mol. The summed E-state index contributed by atoms with van der Waals surface area (Å²) >= 11 is 5.04. The summed E-state index contributed by atoms with van der Waals surface area (Å²) in [4.78, 5) is 14.6. The van der Waals surface area contributed by atoms with Crippen LogP contribution < -0.4 is 9.47 Å². The number of thiophene rings is 1. The van der Waals surface area contributed by atoms with Crippen molar-refractivity contribution in [2.75, 3.05) is 7.11 Å². The Hall–Kier alpha value is -3.15. The first kappa shape index (κ1) is 23.0. The monoisotopic (exact) mass is 518 g/mol. The lowest BCUT2D eigenvalue weighted by molar-refractivity contribution is 0.105. The van der Waals surface area contributed by atoms with Crippen LogP contribution in [0.3, 0.4) is 0 Å². The van der Waals surface area contributed by atoms with Gasteiger partial charge in [-0.1, -0.05) is 54.6 Å². The summed E-state index contributed by atoms with van der Waals surface area (Å²) in [5.74, 6) is 1.51. The summed E-state index contributed by atoms with van der Waals surface area (Å²) in [5.41, 5.74) is 3.06. The second-order valence-corrected chi connectivity index (χ2v) is 9.44. The molecule has 0 radical (unpaired) electrons. The van der Waals surface area contributed by atoms with Gasteiger partial charge in [-0.2, -0.15) is 0 Å². The molecule has 4 rings (SSSR count). The maximum atomic E-state index is 12.7. The van der Waals surface area contributed by atoms with Crippen LogP contribution in [0.2, 0.25) is 0 Å². The number of carbonyl (C=O) groups excluding carboxylic acids is 1. The summed E-state index contributed by atoms with van der Waals surface area (Å²) < 4.78 is 12.3. The molecule has 0 saturated heterocycles. The normalized spacial score (nSPS) is 11.0. The summed E-state index contributed by atoms with van der Waals surface area (Å²) in [7, 11) is 1.64. The average molecular weight is 519 g/mol. The molecule has 0 atom stereocenters. The summed E-state index contributed by atoms with van der Waals surface area (Å²) in [6.07, 6.45) is 4.29. The van der Waals surface area contributed by atoms with Gasteiger partial charge in [-0.3, -0.25) is 4.79 Å². The van der Waals surface area contributed by atoms with Gasteiger partial charge in [0, 0.05) is 16.9 Å². The van der Waals surface area contributed by atoms with Crippen molar-refractivity contribution in [3.8, 4) is 11.5 Å². The third-order valence-corrected chi connectivity index (χ3v) is 6.83. The smallest absolute Gasteiger partial charge is 0.195 e. The summed E-state index contributed by atoms with van der Waals surface area (Å²) in [5, 5.41) is 0. The molecule has 0 saturated carbocycles. The lowest BCUT2D eigenvalue weighted by Crippen LogP contribution is -2.00. The summed E-state index contributed by atoms with van der Waals surface area (Å²) in [6.45, 7) is 0.356. The minimum atomic E-state index is 0.00106. The third kappa shape index (κ3) is 6.21. The van der Waals surface area contributed by atoms with Crippen LogP contribution in [-0.4, -0.2) is 12.9 Å². The third-order valence-electron chi connectivity index (χ3n) is 5.08. The van der Waals surface area contributed by atoms with E-state index in [1.807, 2.05) is 78.9 Å². The topological polar surface area (TPSA) is 35.5 Å². The predicted octanol–water partition coefficient (Wildman–Crippen LogP) is 7.59. The highest BCUT2D eigenvalue weighted by Gasteiger charge is 2.09. The van der Waals surface area contributed by atoms with E-state index in [1.54, 1.807) is 24.5 Å². The molecular weight excluding hydrogens is 496 g/mol. The Kier molecular flexibility index (Phi) is 7.76. The molecule has 0 amide bonds. The molecular formula is C28H23BrO3S. The van der Waals surface area contributed by atoms with Crippen LogP contribution in [0.15, 0.2) is 95.5 Å². The molecule has 1 aromatic heterocycles. The van der Waals surface area contributed by atoms with E-state index in [4.69, 9.17) is 9.47 Å². The van der Waals surface area contributed by atoms with Gasteiger partial charge < -0.3 is 9.47 Å². The first-order chi connectivity index (χ1) is 16.1. The molecule has 3 nitrogen and oxygen atoms in total. The Morgan fingerprint density at radius 1 is 0.939 bits per heavy atom. The zero-order chi connectivity index (χ0) is 23.0. The molecule has 3 aromatic carbocycles. The van der Waals surface area contributed by atoms with Crippen LogP contribution in [0, 0.1) is 0 Å². The van der Waals surface area contributed by atoms with Crippen molar-refractivity contribution in [3.05, 3.63) is 122 Å². The van der Waals surface area contributed by atoms with Crippen molar-refractivity contribution < 1.29 is 14.3 Å². The molecule has 4 aromatic rings. The van der Waals surface area contributed by atoms with Crippen LogP contribution >= 0.6 is 27.3 Å².